The fourth-order valence-electron chi connectivity index (χ4n) is 2.80. The van der Waals surface area contributed by atoms with Crippen molar-refractivity contribution in [2.75, 3.05) is 11.9 Å². The number of fused-ring (bicyclic) bond motifs is 1. The van der Waals surface area contributed by atoms with Crippen LogP contribution in [0.4, 0.5) is 5.69 Å². The summed E-state index contributed by atoms with van der Waals surface area (Å²) >= 11 is 11.9. The molecular weight excluding hydrogens is 411 g/mol. The van der Waals surface area contributed by atoms with Gasteiger partial charge in [-0.15, -0.1) is 10.2 Å². The van der Waals surface area contributed by atoms with Gasteiger partial charge in [-0.3, -0.25) is 4.79 Å². The average Bonchev–Trinajstić information content (AvgIpc) is 3.11. The fraction of sp³-hybridized carbons (Fsp3) is 0.0952. The van der Waals surface area contributed by atoms with Crippen molar-refractivity contribution in [1.29, 1.82) is 0 Å². The molecule has 0 atom stereocenters. The van der Waals surface area contributed by atoms with E-state index in [1.165, 1.54) is 0 Å². The molecule has 1 heterocycles. The number of amides is 1. The summed E-state index contributed by atoms with van der Waals surface area (Å²) in [6, 6.07) is 18.1. The standard InChI is InChI=1S/C21H16Cl2N4O2/c1-13-9-18-19(26-27(25-18)15-5-3-2-4-6-15)11-17(13)24-21(28)12-29-20-8-7-14(22)10-16(20)23/h2-11H,12H2,1H3,(H,24,28). The van der Waals surface area contributed by atoms with Crippen molar-refractivity contribution in [1.82, 2.24) is 15.0 Å². The predicted octanol–water partition coefficient (Wildman–Crippen LogP) is 5.05. The van der Waals surface area contributed by atoms with E-state index in [4.69, 9.17) is 27.9 Å². The second-order valence-corrected chi connectivity index (χ2v) is 7.24. The maximum absolute atomic E-state index is 12.3. The van der Waals surface area contributed by atoms with E-state index < -0.39 is 0 Å². The van der Waals surface area contributed by atoms with Gasteiger partial charge in [-0.25, -0.2) is 0 Å². The molecule has 29 heavy (non-hydrogen) atoms. The fourth-order valence-corrected chi connectivity index (χ4v) is 3.26. The molecule has 1 amide bonds. The van der Waals surface area contributed by atoms with Gasteiger partial charge in [-0.05, 0) is 55.0 Å². The number of aryl methyl sites for hydroxylation is 1. The summed E-state index contributed by atoms with van der Waals surface area (Å²) in [5.74, 6) is 0.0816. The minimum atomic E-state index is -0.311. The van der Waals surface area contributed by atoms with Crippen LogP contribution in [0.3, 0.4) is 0 Å². The van der Waals surface area contributed by atoms with Crippen molar-refractivity contribution in [3.05, 3.63) is 76.3 Å². The molecule has 146 valence electrons. The largest absolute Gasteiger partial charge is 0.482 e. The molecule has 4 aromatic rings. The highest BCUT2D eigenvalue weighted by molar-refractivity contribution is 6.35. The van der Waals surface area contributed by atoms with Gasteiger partial charge in [0.15, 0.2) is 6.61 Å². The summed E-state index contributed by atoms with van der Waals surface area (Å²) < 4.78 is 5.48. The number of ether oxygens (including phenoxy) is 1. The number of nitrogens with zero attached hydrogens (tertiary/aromatic N) is 3. The third-order valence-electron chi connectivity index (χ3n) is 4.24. The normalized spacial score (nSPS) is 10.9. The van der Waals surface area contributed by atoms with Gasteiger partial charge in [0.1, 0.15) is 16.8 Å². The summed E-state index contributed by atoms with van der Waals surface area (Å²) in [6.45, 7) is 1.71. The predicted molar refractivity (Wildman–Crippen MR) is 114 cm³/mol. The second-order valence-electron chi connectivity index (χ2n) is 6.39. The van der Waals surface area contributed by atoms with Gasteiger partial charge >= 0.3 is 0 Å². The Morgan fingerprint density at radius 2 is 1.76 bits per heavy atom. The first-order valence-electron chi connectivity index (χ1n) is 8.80. The molecule has 4 rings (SSSR count). The van der Waals surface area contributed by atoms with Crippen molar-refractivity contribution in [2.45, 2.75) is 6.92 Å². The van der Waals surface area contributed by atoms with Gasteiger partial charge in [0, 0.05) is 10.7 Å². The van der Waals surface area contributed by atoms with E-state index >= 15 is 0 Å². The minimum absolute atomic E-state index is 0.185. The van der Waals surface area contributed by atoms with Crippen molar-refractivity contribution < 1.29 is 9.53 Å². The maximum atomic E-state index is 12.3. The molecule has 0 radical (unpaired) electrons. The number of para-hydroxylation sites is 1. The highest BCUT2D eigenvalue weighted by Gasteiger charge is 2.12. The van der Waals surface area contributed by atoms with Gasteiger partial charge in [0.25, 0.3) is 5.91 Å². The highest BCUT2D eigenvalue weighted by Crippen LogP contribution is 2.27. The van der Waals surface area contributed by atoms with E-state index in [2.05, 4.69) is 15.5 Å². The summed E-state index contributed by atoms with van der Waals surface area (Å²) in [5.41, 5.74) is 3.80. The summed E-state index contributed by atoms with van der Waals surface area (Å²) in [5, 5.41) is 12.7. The zero-order valence-electron chi connectivity index (χ0n) is 15.4. The molecule has 3 aromatic carbocycles. The highest BCUT2D eigenvalue weighted by atomic mass is 35.5. The third kappa shape index (κ3) is 4.34. The summed E-state index contributed by atoms with van der Waals surface area (Å²) in [7, 11) is 0. The van der Waals surface area contributed by atoms with E-state index in [0.717, 1.165) is 16.8 Å². The average molecular weight is 427 g/mol. The Hall–Kier alpha value is -3.09. The molecule has 6 nitrogen and oxygen atoms in total. The Morgan fingerprint density at radius 1 is 1.03 bits per heavy atom. The van der Waals surface area contributed by atoms with Crippen LogP contribution < -0.4 is 10.1 Å². The van der Waals surface area contributed by atoms with E-state index in [1.807, 2.05) is 43.3 Å². The van der Waals surface area contributed by atoms with Crippen LogP contribution in [-0.4, -0.2) is 27.5 Å². The van der Waals surface area contributed by atoms with Crippen molar-refractivity contribution in [2.24, 2.45) is 0 Å². The molecule has 0 aliphatic rings. The number of carbonyl (C=O) groups excluding carboxylic acids is 1. The number of carbonyl (C=O) groups is 1. The molecule has 0 unspecified atom stereocenters. The van der Waals surface area contributed by atoms with Crippen molar-refractivity contribution in [3.63, 3.8) is 0 Å². The van der Waals surface area contributed by atoms with Crippen LogP contribution in [0.15, 0.2) is 60.7 Å². The lowest BCUT2D eigenvalue weighted by Crippen LogP contribution is -2.20. The SMILES string of the molecule is Cc1cc2nn(-c3ccccc3)nc2cc1NC(=O)COc1ccc(Cl)cc1Cl. The van der Waals surface area contributed by atoms with Crippen LogP contribution in [0.2, 0.25) is 10.0 Å². The number of hydrogen-bond donors (Lipinski definition) is 1. The third-order valence-corrected chi connectivity index (χ3v) is 4.77. The quantitative estimate of drug-likeness (QED) is 0.484. The van der Waals surface area contributed by atoms with Gasteiger partial charge in [0.2, 0.25) is 0 Å². The zero-order valence-corrected chi connectivity index (χ0v) is 16.9. The van der Waals surface area contributed by atoms with Crippen LogP contribution in [0.5, 0.6) is 5.75 Å². The number of aromatic nitrogens is 3. The smallest absolute Gasteiger partial charge is 0.262 e. The molecule has 1 N–H and O–H groups in total. The molecular formula is C21H16Cl2N4O2. The van der Waals surface area contributed by atoms with Gasteiger partial charge < -0.3 is 10.1 Å². The number of nitrogens with one attached hydrogen (secondary N) is 1. The number of rotatable bonds is 5. The first-order valence-corrected chi connectivity index (χ1v) is 9.56. The lowest BCUT2D eigenvalue weighted by molar-refractivity contribution is -0.118. The molecule has 0 saturated carbocycles. The monoisotopic (exact) mass is 426 g/mol. The summed E-state index contributed by atoms with van der Waals surface area (Å²) in [6.07, 6.45) is 0. The zero-order chi connectivity index (χ0) is 20.4. The molecule has 0 fully saturated rings. The number of halogens is 2. The van der Waals surface area contributed by atoms with Crippen LogP contribution in [0, 0.1) is 6.92 Å². The minimum Gasteiger partial charge on any atom is -0.482 e. The first-order chi connectivity index (χ1) is 14.0. The Kier molecular flexibility index (Phi) is 5.38. The molecule has 0 saturated heterocycles. The number of hydrogen-bond acceptors (Lipinski definition) is 4. The first kappa shape index (κ1) is 19.2. The van der Waals surface area contributed by atoms with Crippen molar-refractivity contribution >= 4 is 45.8 Å². The van der Waals surface area contributed by atoms with Crippen LogP contribution >= 0.6 is 23.2 Å². The lowest BCUT2D eigenvalue weighted by atomic mass is 10.1. The Morgan fingerprint density at radius 3 is 2.48 bits per heavy atom. The molecule has 1 aromatic heterocycles. The molecule has 8 heteroatoms. The van der Waals surface area contributed by atoms with Crippen LogP contribution in [0.25, 0.3) is 16.7 Å². The van der Waals surface area contributed by atoms with E-state index in [-0.39, 0.29) is 12.5 Å². The second kappa shape index (κ2) is 8.11. The van der Waals surface area contributed by atoms with Crippen LogP contribution in [0.1, 0.15) is 5.56 Å². The number of anilines is 1. The topological polar surface area (TPSA) is 69.0 Å². The van der Waals surface area contributed by atoms with E-state index in [1.54, 1.807) is 29.1 Å². The summed E-state index contributed by atoms with van der Waals surface area (Å²) in [4.78, 5) is 13.9. The molecule has 0 aliphatic heterocycles. The van der Waals surface area contributed by atoms with Crippen molar-refractivity contribution in [3.8, 4) is 11.4 Å². The van der Waals surface area contributed by atoms with E-state index in [0.29, 0.717) is 27.0 Å². The number of benzene rings is 3. The van der Waals surface area contributed by atoms with E-state index in [9.17, 15) is 4.79 Å². The Balaban J connectivity index is 1.49. The molecule has 0 bridgehead atoms. The van der Waals surface area contributed by atoms with Gasteiger partial charge in [-0.1, -0.05) is 41.4 Å². The van der Waals surface area contributed by atoms with Gasteiger partial charge in [0.05, 0.1) is 10.7 Å². The van der Waals surface area contributed by atoms with Gasteiger partial charge in [-0.2, -0.15) is 4.80 Å². The Bertz CT molecular complexity index is 1190. The lowest BCUT2D eigenvalue weighted by Gasteiger charge is -2.10. The maximum Gasteiger partial charge on any atom is 0.262 e. The Labute approximate surface area is 177 Å². The molecule has 0 aliphatic carbocycles. The van der Waals surface area contributed by atoms with Crippen LogP contribution in [-0.2, 0) is 4.79 Å². The molecule has 0 spiro atoms.